The predicted octanol–water partition coefficient (Wildman–Crippen LogP) is 5.01. The van der Waals surface area contributed by atoms with Gasteiger partial charge in [-0.15, -0.1) is 10.2 Å². The molecule has 0 bridgehead atoms. The highest BCUT2D eigenvalue weighted by molar-refractivity contribution is 7.99. The van der Waals surface area contributed by atoms with Crippen molar-refractivity contribution in [3.63, 3.8) is 0 Å². The number of aryl methyl sites for hydroxylation is 2. The van der Waals surface area contributed by atoms with Crippen molar-refractivity contribution >= 4 is 11.8 Å². The fraction of sp³-hybridized carbons (Fsp3) is 0.304. The molecule has 0 aliphatic heterocycles. The van der Waals surface area contributed by atoms with E-state index in [1.165, 1.54) is 11.1 Å². The Labute approximate surface area is 185 Å². The summed E-state index contributed by atoms with van der Waals surface area (Å²) in [5, 5.41) is 13.5. The SMILES string of the molecule is CCc1ccc(OCc2nnc(SC(C)c3nc(C)no3)n2Cc2ccccc2)cc1. The van der Waals surface area contributed by atoms with Crippen LogP contribution < -0.4 is 4.74 Å². The van der Waals surface area contributed by atoms with Gasteiger partial charge in [0.25, 0.3) is 0 Å². The quantitative estimate of drug-likeness (QED) is 0.342. The number of nitrogens with zero attached hydrogens (tertiary/aromatic N) is 5. The number of ether oxygens (including phenoxy) is 1. The smallest absolute Gasteiger partial charge is 0.239 e. The van der Waals surface area contributed by atoms with E-state index in [0.717, 1.165) is 23.2 Å². The van der Waals surface area contributed by atoms with Crippen LogP contribution in [0.2, 0.25) is 0 Å². The first kappa shape index (κ1) is 21.1. The summed E-state index contributed by atoms with van der Waals surface area (Å²) in [6, 6.07) is 18.4. The summed E-state index contributed by atoms with van der Waals surface area (Å²) in [5.41, 5.74) is 2.45. The van der Waals surface area contributed by atoms with Crippen LogP contribution >= 0.6 is 11.8 Å². The van der Waals surface area contributed by atoms with Gasteiger partial charge in [-0.3, -0.25) is 4.57 Å². The maximum absolute atomic E-state index is 6.00. The van der Waals surface area contributed by atoms with Crippen molar-refractivity contribution in [1.82, 2.24) is 24.9 Å². The third-order valence-electron chi connectivity index (χ3n) is 4.85. The summed E-state index contributed by atoms with van der Waals surface area (Å²) in [6.45, 7) is 6.95. The summed E-state index contributed by atoms with van der Waals surface area (Å²) >= 11 is 1.54. The lowest BCUT2D eigenvalue weighted by molar-refractivity contribution is 0.289. The lowest BCUT2D eigenvalue weighted by atomic mass is 10.2. The van der Waals surface area contributed by atoms with Gasteiger partial charge in [0.2, 0.25) is 5.89 Å². The molecule has 2 heterocycles. The van der Waals surface area contributed by atoms with Crippen molar-refractivity contribution in [2.45, 2.75) is 50.8 Å². The first-order valence-electron chi connectivity index (χ1n) is 10.3. The van der Waals surface area contributed by atoms with Gasteiger partial charge in [0.15, 0.2) is 16.8 Å². The molecule has 0 amide bonds. The summed E-state index contributed by atoms with van der Waals surface area (Å²) in [4.78, 5) is 4.34. The molecule has 0 fully saturated rings. The molecule has 0 radical (unpaired) electrons. The largest absolute Gasteiger partial charge is 0.486 e. The van der Waals surface area contributed by atoms with Gasteiger partial charge in [-0.05, 0) is 43.5 Å². The van der Waals surface area contributed by atoms with Crippen LogP contribution in [0.5, 0.6) is 5.75 Å². The average Bonchev–Trinajstić information content (AvgIpc) is 3.40. The Hall–Kier alpha value is -3.13. The third-order valence-corrected chi connectivity index (χ3v) is 5.92. The third kappa shape index (κ3) is 5.32. The van der Waals surface area contributed by atoms with Crippen LogP contribution in [0, 0.1) is 6.92 Å². The fourth-order valence-corrected chi connectivity index (χ4v) is 3.99. The molecule has 1 atom stereocenters. The average molecular weight is 436 g/mol. The zero-order chi connectivity index (χ0) is 21.6. The second kappa shape index (κ2) is 9.78. The summed E-state index contributed by atoms with van der Waals surface area (Å²) in [6.07, 6.45) is 1.00. The van der Waals surface area contributed by atoms with E-state index in [1.807, 2.05) is 44.2 Å². The molecule has 4 rings (SSSR count). The van der Waals surface area contributed by atoms with Gasteiger partial charge >= 0.3 is 0 Å². The first-order valence-corrected chi connectivity index (χ1v) is 11.1. The summed E-state index contributed by atoms with van der Waals surface area (Å²) in [5.74, 6) is 2.78. The van der Waals surface area contributed by atoms with E-state index < -0.39 is 0 Å². The van der Waals surface area contributed by atoms with Gasteiger partial charge in [-0.2, -0.15) is 4.98 Å². The molecule has 8 heteroatoms. The molecular weight excluding hydrogens is 410 g/mol. The number of thioether (sulfide) groups is 1. The zero-order valence-corrected chi connectivity index (χ0v) is 18.7. The Morgan fingerprint density at radius 1 is 1.03 bits per heavy atom. The van der Waals surface area contributed by atoms with E-state index in [2.05, 4.69) is 56.1 Å². The lowest BCUT2D eigenvalue weighted by Crippen LogP contribution is -2.10. The van der Waals surface area contributed by atoms with Crippen LogP contribution in [0.4, 0.5) is 0 Å². The molecule has 2 aromatic carbocycles. The Kier molecular flexibility index (Phi) is 6.66. The van der Waals surface area contributed by atoms with E-state index in [4.69, 9.17) is 9.26 Å². The molecule has 0 N–H and O–H groups in total. The summed E-state index contributed by atoms with van der Waals surface area (Å²) < 4.78 is 13.4. The van der Waals surface area contributed by atoms with Crippen molar-refractivity contribution in [3.8, 4) is 5.75 Å². The van der Waals surface area contributed by atoms with Crippen LogP contribution in [0.3, 0.4) is 0 Å². The van der Waals surface area contributed by atoms with Crippen molar-refractivity contribution in [3.05, 3.63) is 83.3 Å². The predicted molar refractivity (Wildman–Crippen MR) is 119 cm³/mol. The first-order chi connectivity index (χ1) is 15.1. The van der Waals surface area contributed by atoms with E-state index in [1.54, 1.807) is 11.8 Å². The molecule has 0 aliphatic rings. The number of aromatic nitrogens is 5. The van der Waals surface area contributed by atoms with Crippen molar-refractivity contribution in [2.75, 3.05) is 0 Å². The topological polar surface area (TPSA) is 78.9 Å². The Morgan fingerprint density at radius 2 is 1.81 bits per heavy atom. The van der Waals surface area contributed by atoms with Gasteiger partial charge in [0.05, 0.1) is 11.8 Å². The maximum atomic E-state index is 6.00. The Balaban J connectivity index is 1.55. The Bertz CT molecular complexity index is 1110. The minimum atomic E-state index is -0.0460. The van der Waals surface area contributed by atoms with Crippen molar-refractivity contribution in [1.29, 1.82) is 0 Å². The molecule has 0 saturated carbocycles. The molecule has 160 valence electrons. The van der Waals surface area contributed by atoms with Gasteiger partial charge in [-0.1, -0.05) is 66.3 Å². The van der Waals surface area contributed by atoms with Gasteiger partial charge in [-0.25, -0.2) is 0 Å². The molecule has 2 aromatic heterocycles. The van der Waals surface area contributed by atoms with E-state index in [-0.39, 0.29) is 5.25 Å². The molecule has 0 saturated heterocycles. The highest BCUT2D eigenvalue weighted by Gasteiger charge is 2.20. The van der Waals surface area contributed by atoms with E-state index >= 15 is 0 Å². The van der Waals surface area contributed by atoms with Gasteiger partial charge < -0.3 is 9.26 Å². The maximum Gasteiger partial charge on any atom is 0.239 e. The number of hydrogen-bond acceptors (Lipinski definition) is 7. The van der Waals surface area contributed by atoms with Gasteiger partial charge in [0.1, 0.15) is 12.4 Å². The lowest BCUT2D eigenvalue weighted by Gasteiger charge is -2.12. The second-order valence-corrected chi connectivity index (χ2v) is 8.50. The fourth-order valence-electron chi connectivity index (χ4n) is 3.09. The molecule has 4 aromatic rings. The standard InChI is InChI=1S/C23H25N5O2S/c1-4-18-10-12-20(13-11-18)29-15-21-25-26-23(28(21)14-19-8-6-5-7-9-19)31-16(2)22-24-17(3)27-30-22/h5-13,16H,4,14-15H2,1-3H3. The van der Waals surface area contributed by atoms with Crippen LogP contribution in [-0.2, 0) is 19.6 Å². The number of rotatable bonds is 9. The van der Waals surface area contributed by atoms with Crippen LogP contribution in [0.1, 0.15) is 47.8 Å². The molecular formula is C23H25N5O2S. The normalized spacial score (nSPS) is 12.1. The number of benzene rings is 2. The van der Waals surface area contributed by atoms with Crippen LogP contribution in [-0.4, -0.2) is 24.9 Å². The minimum Gasteiger partial charge on any atom is -0.486 e. The Morgan fingerprint density at radius 3 is 2.48 bits per heavy atom. The second-order valence-electron chi connectivity index (χ2n) is 7.20. The highest BCUT2D eigenvalue weighted by atomic mass is 32.2. The number of hydrogen-bond donors (Lipinski definition) is 0. The van der Waals surface area contributed by atoms with Crippen molar-refractivity contribution in [2.24, 2.45) is 0 Å². The minimum absolute atomic E-state index is 0.0460. The van der Waals surface area contributed by atoms with Gasteiger partial charge in [0, 0.05) is 0 Å². The molecule has 0 aliphatic carbocycles. The summed E-state index contributed by atoms with van der Waals surface area (Å²) in [7, 11) is 0. The zero-order valence-electron chi connectivity index (χ0n) is 17.9. The van der Waals surface area contributed by atoms with E-state index in [9.17, 15) is 0 Å². The van der Waals surface area contributed by atoms with Crippen molar-refractivity contribution < 1.29 is 9.26 Å². The highest BCUT2D eigenvalue weighted by Crippen LogP contribution is 2.33. The molecule has 0 spiro atoms. The van der Waals surface area contributed by atoms with Crippen LogP contribution in [0.15, 0.2) is 64.3 Å². The molecule has 31 heavy (non-hydrogen) atoms. The molecule has 7 nitrogen and oxygen atoms in total. The van der Waals surface area contributed by atoms with Crippen LogP contribution in [0.25, 0.3) is 0 Å². The van der Waals surface area contributed by atoms with E-state index in [0.29, 0.717) is 24.9 Å². The monoisotopic (exact) mass is 435 g/mol. The molecule has 1 unspecified atom stereocenters.